The molecule has 1 unspecified atom stereocenters. The van der Waals surface area contributed by atoms with Crippen LogP contribution in [0.5, 0.6) is 0 Å². The molecule has 0 spiro atoms. The van der Waals surface area contributed by atoms with Gasteiger partial charge in [-0.15, -0.1) is 0 Å². The van der Waals surface area contributed by atoms with E-state index in [1.165, 1.54) is 12.7 Å². The largest absolute Gasteiger partial charge is 0.375 e. The maximum absolute atomic E-state index is 11.7. The molecule has 0 saturated heterocycles. The number of aromatic nitrogens is 4. The van der Waals surface area contributed by atoms with Gasteiger partial charge in [0.2, 0.25) is 5.91 Å². The molecule has 0 saturated carbocycles. The molecule has 1 amide bonds. The van der Waals surface area contributed by atoms with Gasteiger partial charge in [-0.3, -0.25) is 14.3 Å². The van der Waals surface area contributed by atoms with Crippen LogP contribution >= 0.6 is 0 Å². The van der Waals surface area contributed by atoms with E-state index in [4.69, 9.17) is 4.74 Å². The summed E-state index contributed by atoms with van der Waals surface area (Å²) in [6.45, 7) is 2.08. The molecule has 8 nitrogen and oxygen atoms in total. The first-order valence-corrected chi connectivity index (χ1v) is 9.54. The van der Waals surface area contributed by atoms with Gasteiger partial charge in [0.05, 0.1) is 23.4 Å². The van der Waals surface area contributed by atoms with Crippen LogP contribution in [0.1, 0.15) is 18.5 Å². The molecule has 30 heavy (non-hydrogen) atoms. The molecule has 4 rings (SSSR count). The summed E-state index contributed by atoms with van der Waals surface area (Å²) >= 11 is 0. The number of rotatable bonds is 7. The van der Waals surface area contributed by atoms with Gasteiger partial charge in [-0.2, -0.15) is 0 Å². The van der Waals surface area contributed by atoms with E-state index in [0.29, 0.717) is 17.3 Å². The van der Waals surface area contributed by atoms with E-state index >= 15 is 0 Å². The number of anilines is 2. The second-order valence-electron chi connectivity index (χ2n) is 6.84. The fraction of sp³-hybridized carbons (Fsp3) is 0.182. The number of ether oxygens (including phenoxy) is 1. The van der Waals surface area contributed by atoms with Crippen molar-refractivity contribution >= 4 is 28.4 Å². The van der Waals surface area contributed by atoms with E-state index in [2.05, 4.69) is 44.6 Å². The lowest BCUT2D eigenvalue weighted by Gasteiger charge is -2.15. The number of fused-ring (bicyclic) bond motifs is 1. The first-order valence-electron chi connectivity index (χ1n) is 9.54. The van der Waals surface area contributed by atoms with Crippen LogP contribution < -0.4 is 10.6 Å². The molecule has 2 aromatic heterocycles. The van der Waals surface area contributed by atoms with Crippen molar-refractivity contribution in [1.82, 2.24) is 19.5 Å². The maximum Gasteiger partial charge on any atom is 0.250 e. The van der Waals surface area contributed by atoms with Gasteiger partial charge in [-0.05, 0) is 30.7 Å². The van der Waals surface area contributed by atoms with Gasteiger partial charge in [-0.25, -0.2) is 9.97 Å². The van der Waals surface area contributed by atoms with E-state index in [1.807, 2.05) is 41.0 Å². The molecule has 0 aliphatic heterocycles. The first kappa shape index (κ1) is 19.5. The number of amides is 1. The maximum atomic E-state index is 11.7. The normalized spacial score (nSPS) is 11.9. The molecule has 2 N–H and O–H groups in total. The van der Waals surface area contributed by atoms with E-state index in [-0.39, 0.29) is 18.6 Å². The highest BCUT2D eigenvalue weighted by molar-refractivity contribution is 5.94. The monoisotopic (exact) mass is 402 g/mol. The van der Waals surface area contributed by atoms with Gasteiger partial charge in [0.15, 0.2) is 5.82 Å². The van der Waals surface area contributed by atoms with Gasteiger partial charge in [-0.1, -0.05) is 30.3 Å². The standard InChI is InChI=1S/C22H22N6O2/c1-15(16-6-4-3-5-7-16)25-20-11-23-12-21(27-20)28-14-24-18-10-17(8-9-19(18)28)26-22(29)13-30-2/h3-12,14-15H,13H2,1-2H3,(H,25,27)(H,26,29). The highest BCUT2D eigenvalue weighted by Crippen LogP contribution is 2.22. The molecule has 1 atom stereocenters. The Morgan fingerprint density at radius 3 is 2.80 bits per heavy atom. The zero-order valence-electron chi connectivity index (χ0n) is 16.7. The lowest BCUT2D eigenvalue weighted by atomic mass is 10.1. The zero-order valence-corrected chi connectivity index (χ0v) is 16.7. The van der Waals surface area contributed by atoms with Crippen LogP contribution in [0, 0.1) is 0 Å². The molecule has 0 bridgehead atoms. The summed E-state index contributed by atoms with van der Waals surface area (Å²) in [6, 6.07) is 15.8. The number of nitrogens with zero attached hydrogens (tertiary/aromatic N) is 4. The Labute approximate surface area is 174 Å². The fourth-order valence-electron chi connectivity index (χ4n) is 3.19. The number of benzene rings is 2. The van der Waals surface area contributed by atoms with Crippen molar-refractivity contribution in [2.24, 2.45) is 0 Å². The number of carbonyl (C=O) groups is 1. The van der Waals surface area contributed by atoms with Crippen LogP contribution in [0.2, 0.25) is 0 Å². The third-order valence-corrected chi connectivity index (χ3v) is 4.64. The van der Waals surface area contributed by atoms with Crippen LogP contribution in [0.15, 0.2) is 67.3 Å². The topological polar surface area (TPSA) is 94.0 Å². The van der Waals surface area contributed by atoms with Gasteiger partial charge in [0.1, 0.15) is 18.8 Å². The number of hydrogen-bond acceptors (Lipinski definition) is 6. The van der Waals surface area contributed by atoms with Gasteiger partial charge in [0.25, 0.3) is 0 Å². The SMILES string of the molecule is COCC(=O)Nc1ccc2c(c1)ncn2-c1cncc(NC(C)c2ccccc2)n1. The summed E-state index contributed by atoms with van der Waals surface area (Å²) in [5.41, 5.74) is 3.43. The van der Waals surface area contributed by atoms with E-state index in [9.17, 15) is 4.79 Å². The number of carbonyl (C=O) groups excluding carboxylic acids is 1. The van der Waals surface area contributed by atoms with Gasteiger partial charge < -0.3 is 15.4 Å². The summed E-state index contributed by atoms with van der Waals surface area (Å²) in [5.74, 6) is 1.11. The lowest BCUT2D eigenvalue weighted by molar-refractivity contribution is -0.119. The second kappa shape index (κ2) is 8.71. The Bertz CT molecular complexity index is 1160. The van der Waals surface area contributed by atoms with Crippen molar-refractivity contribution < 1.29 is 9.53 Å². The highest BCUT2D eigenvalue weighted by Gasteiger charge is 2.11. The predicted molar refractivity (Wildman–Crippen MR) is 116 cm³/mol. The lowest BCUT2D eigenvalue weighted by Crippen LogP contribution is -2.16. The van der Waals surface area contributed by atoms with Gasteiger partial charge in [0, 0.05) is 18.8 Å². The smallest absolute Gasteiger partial charge is 0.250 e. The molecule has 0 fully saturated rings. The summed E-state index contributed by atoms with van der Waals surface area (Å²) < 4.78 is 6.70. The minimum absolute atomic E-state index is 0.00324. The van der Waals surface area contributed by atoms with Crippen molar-refractivity contribution in [2.75, 3.05) is 24.4 Å². The summed E-state index contributed by atoms with van der Waals surface area (Å²) in [6.07, 6.45) is 5.08. The van der Waals surface area contributed by atoms with Crippen molar-refractivity contribution in [3.05, 3.63) is 72.8 Å². The zero-order chi connectivity index (χ0) is 20.9. The first-order chi connectivity index (χ1) is 14.6. The second-order valence-corrected chi connectivity index (χ2v) is 6.84. The molecule has 0 aliphatic rings. The minimum Gasteiger partial charge on any atom is -0.375 e. The average molecular weight is 402 g/mol. The van der Waals surface area contributed by atoms with E-state index in [0.717, 1.165) is 11.0 Å². The van der Waals surface area contributed by atoms with Crippen LogP contribution in [0.4, 0.5) is 11.5 Å². The van der Waals surface area contributed by atoms with Crippen molar-refractivity contribution in [2.45, 2.75) is 13.0 Å². The Balaban J connectivity index is 1.56. The summed E-state index contributed by atoms with van der Waals surface area (Å²) in [7, 11) is 1.48. The van der Waals surface area contributed by atoms with Crippen LogP contribution in [0.3, 0.4) is 0 Å². The number of imidazole rings is 1. The molecule has 0 aliphatic carbocycles. The van der Waals surface area contributed by atoms with Crippen LogP contribution in [0.25, 0.3) is 16.9 Å². The third-order valence-electron chi connectivity index (χ3n) is 4.64. The summed E-state index contributed by atoms with van der Waals surface area (Å²) in [5, 5.41) is 6.16. The highest BCUT2D eigenvalue weighted by atomic mass is 16.5. The molecule has 4 aromatic rings. The van der Waals surface area contributed by atoms with Crippen molar-refractivity contribution in [3.8, 4) is 5.82 Å². The number of hydrogen-bond donors (Lipinski definition) is 2. The Morgan fingerprint density at radius 1 is 1.17 bits per heavy atom. The molecule has 0 radical (unpaired) electrons. The van der Waals surface area contributed by atoms with E-state index < -0.39 is 0 Å². The fourth-order valence-corrected chi connectivity index (χ4v) is 3.19. The molecular weight excluding hydrogens is 380 g/mol. The number of methoxy groups -OCH3 is 1. The number of nitrogens with one attached hydrogen (secondary N) is 2. The quantitative estimate of drug-likeness (QED) is 0.491. The Kier molecular flexibility index (Phi) is 5.67. The summed E-state index contributed by atoms with van der Waals surface area (Å²) in [4.78, 5) is 25.2. The van der Waals surface area contributed by atoms with Crippen molar-refractivity contribution in [1.29, 1.82) is 0 Å². The Morgan fingerprint density at radius 2 is 2.00 bits per heavy atom. The third kappa shape index (κ3) is 4.28. The molecular formula is C22H22N6O2. The minimum atomic E-state index is -0.214. The average Bonchev–Trinajstić information content (AvgIpc) is 3.18. The molecule has 8 heteroatoms. The molecule has 152 valence electrons. The molecule has 2 heterocycles. The predicted octanol–water partition coefficient (Wildman–Crippen LogP) is 3.57. The Hall–Kier alpha value is -3.78. The van der Waals surface area contributed by atoms with Gasteiger partial charge >= 0.3 is 0 Å². The van der Waals surface area contributed by atoms with Crippen molar-refractivity contribution in [3.63, 3.8) is 0 Å². The van der Waals surface area contributed by atoms with Crippen LogP contribution in [-0.4, -0.2) is 39.1 Å². The molecule has 2 aromatic carbocycles. The van der Waals surface area contributed by atoms with Crippen LogP contribution in [-0.2, 0) is 9.53 Å². The van der Waals surface area contributed by atoms with E-state index in [1.54, 1.807) is 18.7 Å².